The summed E-state index contributed by atoms with van der Waals surface area (Å²) in [6.45, 7) is 0.0644. The van der Waals surface area contributed by atoms with E-state index in [-0.39, 0.29) is 12.6 Å². The van der Waals surface area contributed by atoms with Gasteiger partial charge in [0.15, 0.2) is 0 Å². The molecule has 1 aliphatic carbocycles. The lowest BCUT2D eigenvalue weighted by molar-refractivity contribution is 0.265. The van der Waals surface area contributed by atoms with Gasteiger partial charge in [-0.2, -0.15) is 0 Å². The maximum absolute atomic E-state index is 8.68. The van der Waals surface area contributed by atoms with Gasteiger partial charge in [-0.15, -0.1) is 0 Å². The van der Waals surface area contributed by atoms with Crippen LogP contribution < -0.4 is 5.73 Å². The molecule has 1 aliphatic rings. The van der Waals surface area contributed by atoms with Crippen molar-refractivity contribution >= 4 is 0 Å². The Labute approximate surface area is 67.4 Å². The number of aliphatic hydroxyl groups is 1. The van der Waals surface area contributed by atoms with Gasteiger partial charge in [0, 0.05) is 6.04 Å². The molecule has 1 rings (SSSR count). The van der Waals surface area contributed by atoms with Crippen molar-refractivity contribution in [1.29, 1.82) is 0 Å². The molecule has 3 N–H and O–H groups in total. The van der Waals surface area contributed by atoms with Crippen LogP contribution in [-0.2, 0) is 0 Å². The molecule has 0 fully saturated rings. The van der Waals surface area contributed by atoms with E-state index in [1.54, 1.807) is 0 Å². The van der Waals surface area contributed by atoms with Crippen LogP contribution in [0.1, 0.15) is 12.8 Å². The Morgan fingerprint density at radius 2 is 2.45 bits per heavy atom. The number of allylic oxidation sites excluding steroid dienone is 3. The van der Waals surface area contributed by atoms with Gasteiger partial charge >= 0.3 is 0 Å². The molecule has 2 nitrogen and oxygen atoms in total. The third kappa shape index (κ3) is 2.87. The summed E-state index contributed by atoms with van der Waals surface area (Å²) in [6, 6.07) is -0.107. The molecule has 2 heteroatoms. The molecule has 11 heavy (non-hydrogen) atoms. The summed E-state index contributed by atoms with van der Waals surface area (Å²) in [4.78, 5) is 0. The van der Waals surface area contributed by atoms with Crippen LogP contribution in [0.3, 0.4) is 0 Å². The molecule has 1 atom stereocenters. The molecule has 0 spiro atoms. The summed E-state index contributed by atoms with van der Waals surface area (Å²) in [5.74, 6) is 0. The molecule has 0 saturated carbocycles. The van der Waals surface area contributed by atoms with E-state index < -0.39 is 0 Å². The fourth-order valence-corrected chi connectivity index (χ4v) is 1.08. The molecule has 0 aromatic rings. The maximum Gasteiger partial charge on any atom is 0.0585 e. The molecule has 0 aliphatic heterocycles. The van der Waals surface area contributed by atoms with Gasteiger partial charge < -0.3 is 10.8 Å². The molecule has 0 heterocycles. The SMILES string of the molecule is NC(CO)CC1=CC[CH]C=C1. The Bertz CT molecular complexity index is 172. The Morgan fingerprint density at radius 3 is 3.00 bits per heavy atom. The zero-order chi connectivity index (χ0) is 8.10. The van der Waals surface area contributed by atoms with Crippen molar-refractivity contribution < 1.29 is 5.11 Å². The summed E-state index contributed by atoms with van der Waals surface area (Å²) in [5, 5.41) is 8.68. The van der Waals surface area contributed by atoms with E-state index in [2.05, 4.69) is 12.5 Å². The van der Waals surface area contributed by atoms with Crippen molar-refractivity contribution in [3.05, 3.63) is 30.2 Å². The van der Waals surface area contributed by atoms with E-state index in [0.717, 1.165) is 12.8 Å². The number of hydrogen-bond acceptors (Lipinski definition) is 2. The van der Waals surface area contributed by atoms with Gasteiger partial charge in [0.1, 0.15) is 0 Å². The highest BCUT2D eigenvalue weighted by Gasteiger charge is 2.03. The van der Waals surface area contributed by atoms with Crippen molar-refractivity contribution in [2.24, 2.45) is 5.73 Å². The molecule has 61 valence electrons. The van der Waals surface area contributed by atoms with Gasteiger partial charge in [-0.05, 0) is 19.3 Å². The van der Waals surface area contributed by atoms with Crippen LogP contribution in [0.5, 0.6) is 0 Å². The first kappa shape index (κ1) is 8.50. The van der Waals surface area contributed by atoms with Gasteiger partial charge in [0.05, 0.1) is 6.61 Å². The Balaban J connectivity index is 2.36. The van der Waals surface area contributed by atoms with Gasteiger partial charge in [0.2, 0.25) is 0 Å². The monoisotopic (exact) mass is 152 g/mol. The normalized spacial score (nSPS) is 19.6. The van der Waals surface area contributed by atoms with E-state index in [0.29, 0.717) is 0 Å². The predicted molar refractivity (Wildman–Crippen MR) is 45.8 cm³/mol. The van der Waals surface area contributed by atoms with Crippen LogP contribution in [0.25, 0.3) is 0 Å². The first-order valence-corrected chi connectivity index (χ1v) is 3.88. The Morgan fingerprint density at radius 1 is 1.64 bits per heavy atom. The van der Waals surface area contributed by atoms with Crippen molar-refractivity contribution in [3.63, 3.8) is 0 Å². The van der Waals surface area contributed by atoms with E-state index >= 15 is 0 Å². The van der Waals surface area contributed by atoms with Crippen molar-refractivity contribution in [2.45, 2.75) is 18.9 Å². The summed E-state index contributed by atoms with van der Waals surface area (Å²) in [6.07, 6.45) is 10.1. The van der Waals surface area contributed by atoms with Crippen molar-refractivity contribution in [3.8, 4) is 0 Å². The van der Waals surface area contributed by atoms with Crippen LogP contribution in [0.4, 0.5) is 0 Å². The number of hydrogen-bond donors (Lipinski definition) is 2. The summed E-state index contributed by atoms with van der Waals surface area (Å²) < 4.78 is 0. The largest absolute Gasteiger partial charge is 0.395 e. The summed E-state index contributed by atoms with van der Waals surface area (Å²) in [5.41, 5.74) is 6.80. The minimum atomic E-state index is -0.107. The van der Waals surface area contributed by atoms with Crippen LogP contribution in [0, 0.1) is 6.42 Å². The maximum atomic E-state index is 8.68. The summed E-state index contributed by atoms with van der Waals surface area (Å²) >= 11 is 0. The van der Waals surface area contributed by atoms with Gasteiger partial charge in [-0.3, -0.25) is 0 Å². The van der Waals surface area contributed by atoms with Gasteiger partial charge in [-0.1, -0.05) is 23.8 Å². The molecule has 1 radical (unpaired) electrons. The van der Waals surface area contributed by atoms with E-state index in [1.165, 1.54) is 5.57 Å². The standard InChI is InChI=1S/C9H14NO/c10-9(7-11)6-8-4-2-1-3-5-8/h1-2,4-5,9,11H,3,6-7,10H2. The first-order valence-electron chi connectivity index (χ1n) is 3.88. The molecule has 1 unspecified atom stereocenters. The average Bonchev–Trinajstić information content (AvgIpc) is 2.06. The minimum Gasteiger partial charge on any atom is -0.395 e. The highest BCUT2D eigenvalue weighted by molar-refractivity contribution is 5.26. The third-order valence-electron chi connectivity index (χ3n) is 1.69. The second kappa shape index (κ2) is 4.31. The van der Waals surface area contributed by atoms with Crippen LogP contribution in [-0.4, -0.2) is 17.8 Å². The lowest BCUT2D eigenvalue weighted by Crippen LogP contribution is -2.24. The van der Waals surface area contributed by atoms with Crippen LogP contribution >= 0.6 is 0 Å². The highest BCUT2D eigenvalue weighted by atomic mass is 16.3. The quantitative estimate of drug-likeness (QED) is 0.628. The molecule has 0 amide bonds. The predicted octanol–water partition coefficient (Wildman–Crippen LogP) is 0.787. The zero-order valence-electron chi connectivity index (χ0n) is 6.53. The molecule has 0 bridgehead atoms. The van der Waals surface area contributed by atoms with E-state index in [9.17, 15) is 0 Å². The first-order chi connectivity index (χ1) is 5.33. The fraction of sp³-hybridized carbons (Fsp3) is 0.444. The number of rotatable bonds is 3. The second-order valence-electron chi connectivity index (χ2n) is 2.76. The molecule has 0 aromatic carbocycles. The third-order valence-corrected chi connectivity index (χ3v) is 1.69. The molecular formula is C9H14NO. The molecule has 0 aromatic heterocycles. The van der Waals surface area contributed by atoms with E-state index in [1.807, 2.05) is 12.2 Å². The minimum absolute atomic E-state index is 0.0644. The highest BCUT2D eigenvalue weighted by Crippen LogP contribution is 2.13. The van der Waals surface area contributed by atoms with Crippen LogP contribution in [0.15, 0.2) is 23.8 Å². The topological polar surface area (TPSA) is 46.2 Å². The lowest BCUT2D eigenvalue weighted by atomic mass is 10.0. The number of nitrogens with two attached hydrogens (primary N) is 1. The zero-order valence-corrected chi connectivity index (χ0v) is 6.53. The lowest BCUT2D eigenvalue weighted by Gasteiger charge is -2.10. The Hall–Kier alpha value is -0.600. The van der Waals surface area contributed by atoms with Gasteiger partial charge in [0.25, 0.3) is 0 Å². The Kier molecular flexibility index (Phi) is 3.33. The summed E-state index contributed by atoms with van der Waals surface area (Å²) in [7, 11) is 0. The van der Waals surface area contributed by atoms with Crippen molar-refractivity contribution in [2.75, 3.05) is 6.61 Å². The second-order valence-corrected chi connectivity index (χ2v) is 2.76. The molecular weight excluding hydrogens is 138 g/mol. The molecule has 0 saturated heterocycles. The smallest absolute Gasteiger partial charge is 0.0585 e. The average molecular weight is 152 g/mol. The van der Waals surface area contributed by atoms with Crippen LogP contribution in [0.2, 0.25) is 0 Å². The van der Waals surface area contributed by atoms with Gasteiger partial charge in [-0.25, -0.2) is 0 Å². The number of aliphatic hydroxyl groups excluding tert-OH is 1. The fourth-order valence-electron chi connectivity index (χ4n) is 1.08. The van der Waals surface area contributed by atoms with E-state index in [4.69, 9.17) is 10.8 Å². The van der Waals surface area contributed by atoms with Crippen molar-refractivity contribution in [1.82, 2.24) is 0 Å².